The number of rotatable bonds is 5. The molecule has 2 aromatic rings. The summed E-state index contributed by atoms with van der Waals surface area (Å²) in [4.78, 5) is 31.4. The van der Waals surface area contributed by atoms with Gasteiger partial charge in [-0.3, -0.25) is 13.9 Å². The second kappa shape index (κ2) is 5.40. The summed E-state index contributed by atoms with van der Waals surface area (Å²) in [5, 5.41) is 9.10. The van der Waals surface area contributed by atoms with Gasteiger partial charge >= 0.3 is 5.69 Å². The zero-order valence-corrected chi connectivity index (χ0v) is 11.1. The fourth-order valence-corrected chi connectivity index (χ4v) is 2.14. The number of aryl methyl sites for hydroxylation is 1. The van der Waals surface area contributed by atoms with Crippen LogP contribution >= 0.6 is 0 Å². The molecule has 2 rings (SSSR count). The summed E-state index contributed by atoms with van der Waals surface area (Å²) in [7, 11) is 0. The molecular weight excluding hydrogens is 248 g/mol. The molecule has 2 heterocycles. The smallest absolute Gasteiger partial charge is 0.332 e. The van der Waals surface area contributed by atoms with Gasteiger partial charge in [-0.05, 0) is 12.8 Å². The summed E-state index contributed by atoms with van der Waals surface area (Å²) in [5.74, 6) is 0.297. The van der Waals surface area contributed by atoms with Crippen LogP contribution in [0.1, 0.15) is 32.5 Å². The molecular formula is C12H18N4O3. The van der Waals surface area contributed by atoms with Gasteiger partial charge in [-0.2, -0.15) is 0 Å². The van der Waals surface area contributed by atoms with Crippen molar-refractivity contribution in [2.45, 2.75) is 46.4 Å². The quantitative estimate of drug-likeness (QED) is 0.808. The Morgan fingerprint density at radius 1 is 1.16 bits per heavy atom. The summed E-state index contributed by atoms with van der Waals surface area (Å²) in [6, 6.07) is 0. The van der Waals surface area contributed by atoms with Gasteiger partial charge < -0.3 is 10.1 Å². The first-order valence-electron chi connectivity index (χ1n) is 6.47. The van der Waals surface area contributed by atoms with Crippen molar-refractivity contribution in [1.29, 1.82) is 0 Å². The van der Waals surface area contributed by atoms with Gasteiger partial charge in [-0.15, -0.1) is 0 Å². The third-order valence-electron chi connectivity index (χ3n) is 2.95. The molecule has 7 heteroatoms. The van der Waals surface area contributed by atoms with Crippen molar-refractivity contribution in [3.8, 4) is 0 Å². The van der Waals surface area contributed by atoms with E-state index in [1.165, 1.54) is 9.13 Å². The normalized spacial score (nSPS) is 11.3. The summed E-state index contributed by atoms with van der Waals surface area (Å²) in [6.07, 6.45) is 1.47. The predicted octanol–water partition coefficient (Wildman–Crippen LogP) is 0.199. The molecule has 0 atom stereocenters. The van der Waals surface area contributed by atoms with Gasteiger partial charge in [-0.1, -0.05) is 13.8 Å². The van der Waals surface area contributed by atoms with E-state index in [0.29, 0.717) is 31.0 Å². The molecule has 0 unspecified atom stereocenters. The minimum atomic E-state index is -0.374. The van der Waals surface area contributed by atoms with Crippen molar-refractivity contribution >= 4 is 11.2 Å². The third-order valence-corrected chi connectivity index (χ3v) is 2.95. The number of hydrogen-bond acceptors (Lipinski definition) is 4. The van der Waals surface area contributed by atoms with Crippen molar-refractivity contribution in [2.75, 3.05) is 0 Å². The number of nitrogens with zero attached hydrogens (tertiary/aromatic N) is 3. The highest BCUT2D eigenvalue weighted by molar-refractivity contribution is 5.69. The number of aromatic nitrogens is 4. The number of hydrogen-bond donors (Lipinski definition) is 2. The van der Waals surface area contributed by atoms with Crippen LogP contribution in [0.4, 0.5) is 0 Å². The summed E-state index contributed by atoms with van der Waals surface area (Å²) >= 11 is 0. The zero-order valence-electron chi connectivity index (χ0n) is 11.1. The lowest BCUT2D eigenvalue weighted by Crippen LogP contribution is -2.40. The second-order valence-corrected chi connectivity index (χ2v) is 4.43. The highest BCUT2D eigenvalue weighted by Gasteiger charge is 2.16. The van der Waals surface area contributed by atoms with Gasteiger partial charge in [-0.25, -0.2) is 9.78 Å². The molecule has 0 spiro atoms. The number of nitrogens with one attached hydrogen (secondary N) is 1. The Balaban J connectivity index is 2.84. The van der Waals surface area contributed by atoms with Crippen LogP contribution in [0.15, 0.2) is 9.59 Å². The van der Waals surface area contributed by atoms with Crippen molar-refractivity contribution < 1.29 is 5.11 Å². The van der Waals surface area contributed by atoms with E-state index < -0.39 is 0 Å². The number of imidazole rings is 1. The molecule has 0 aromatic carbocycles. The van der Waals surface area contributed by atoms with Gasteiger partial charge in [0.1, 0.15) is 17.9 Å². The Bertz CT molecular complexity index is 695. The molecule has 0 radical (unpaired) electrons. The molecule has 0 aliphatic carbocycles. The zero-order chi connectivity index (χ0) is 14.0. The fraction of sp³-hybridized carbons (Fsp3) is 0.583. The summed E-state index contributed by atoms with van der Waals surface area (Å²) in [5.41, 5.74) is -0.0996. The maximum atomic E-state index is 12.3. The highest BCUT2D eigenvalue weighted by atomic mass is 16.3. The van der Waals surface area contributed by atoms with Gasteiger partial charge in [0.05, 0.1) is 0 Å². The topological polar surface area (TPSA) is 92.9 Å². The van der Waals surface area contributed by atoms with Gasteiger partial charge in [0, 0.05) is 13.1 Å². The first-order chi connectivity index (χ1) is 9.13. The number of H-pyrrole nitrogens is 1. The Morgan fingerprint density at radius 2 is 1.79 bits per heavy atom. The first-order valence-corrected chi connectivity index (χ1v) is 6.47. The maximum Gasteiger partial charge on any atom is 0.332 e. The maximum absolute atomic E-state index is 12.3. The lowest BCUT2D eigenvalue weighted by molar-refractivity contribution is 0.273. The molecule has 0 aliphatic rings. The Kier molecular flexibility index (Phi) is 3.84. The van der Waals surface area contributed by atoms with Crippen LogP contribution in [-0.4, -0.2) is 24.2 Å². The van der Waals surface area contributed by atoms with Crippen LogP contribution in [0, 0.1) is 0 Å². The molecule has 0 saturated heterocycles. The molecule has 0 amide bonds. The Hall–Kier alpha value is -1.89. The van der Waals surface area contributed by atoms with Crippen LogP contribution in [0.3, 0.4) is 0 Å². The molecule has 2 aromatic heterocycles. The van der Waals surface area contributed by atoms with Crippen molar-refractivity contribution in [3.05, 3.63) is 26.7 Å². The monoisotopic (exact) mass is 266 g/mol. The SMILES string of the molecule is CCCn1c(=O)c2[nH]c(CO)nc2n(CCC)c1=O. The molecule has 19 heavy (non-hydrogen) atoms. The largest absolute Gasteiger partial charge is 0.388 e. The number of aliphatic hydroxyl groups excluding tert-OH is 1. The minimum Gasteiger partial charge on any atom is -0.388 e. The second-order valence-electron chi connectivity index (χ2n) is 4.43. The van der Waals surface area contributed by atoms with E-state index in [1.54, 1.807) is 0 Å². The van der Waals surface area contributed by atoms with Crippen molar-refractivity contribution in [2.24, 2.45) is 0 Å². The molecule has 0 fully saturated rings. The van der Waals surface area contributed by atoms with Gasteiger partial charge in [0.15, 0.2) is 5.65 Å². The minimum absolute atomic E-state index is 0.283. The first kappa shape index (κ1) is 13.5. The standard InChI is InChI=1S/C12H18N4O3/c1-3-5-15-10-9(13-8(7-17)14-10)11(18)16(6-4-2)12(15)19/h17H,3-7H2,1-2H3,(H,13,14). The van der Waals surface area contributed by atoms with E-state index in [0.717, 1.165) is 6.42 Å². The van der Waals surface area contributed by atoms with Crippen molar-refractivity contribution in [1.82, 2.24) is 19.1 Å². The molecule has 2 N–H and O–H groups in total. The van der Waals surface area contributed by atoms with Crippen LogP contribution < -0.4 is 11.2 Å². The van der Waals surface area contributed by atoms with Crippen LogP contribution in [0.5, 0.6) is 0 Å². The number of aromatic amines is 1. The highest BCUT2D eigenvalue weighted by Crippen LogP contribution is 2.06. The third kappa shape index (κ3) is 2.21. The molecule has 0 saturated carbocycles. The van der Waals surface area contributed by atoms with E-state index in [-0.39, 0.29) is 23.4 Å². The number of aliphatic hydroxyl groups is 1. The number of fused-ring (bicyclic) bond motifs is 1. The van der Waals surface area contributed by atoms with Crippen LogP contribution in [0.25, 0.3) is 11.2 Å². The summed E-state index contributed by atoms with van der Waals surface area (Å²) in [6.45, 7) is 4.45. The van der Waals surface area contributed by atoms with E-state index in [2.05, 4.69) is 9.97 Å². The lowest BCUT2D eigenvalue weighted by atomic mass is 10.4. The van der Waals surface area contributed by atoms with E-state index in [9.17, 15) is 9.59 Å². The molecule has 0 aliphatic heterocycles. The molecule has 0 bridgehead atoms. The molecule has 104 valence electrons. The Labute approximate surface area is 109 Å². The van der Waals surface area contributed by atoms with Crippen LogP contribution in [0.2, 0.25) is 0 Å². The van der Waals surface area contributed by atoms with E-state index in [1.807, 2.05) is 13.8 Å². The van der Waals surface area contributed by atoms with Crippen LogP contribution in [-0.2, 0) is 19.7 Å². The Morgan fingerprint density at radius 3 is 2.37 bits per heavy atom. The van der Waals surface area contributed by atoms with E-state index >= 15 is 0 Å². The van der Waals surface area contributed by atoms with Gasteiger partial charge in [0.25, 0.3) is 5.56 Å². The predicted molar refractivity (Wildman–Crippen MR) is 71.1 cm³/mol. The molecule has 7 nitrogen and oxygen atoms in total. The average Bonchev–Trinajstić information content (AvgIpc) is 2.84. The lowest BCUT2D eigenvalue weighted by Gasteiger charge is -2.09. The fourth-order valence-electron chi connectivity index (χ4n) is 2.14. The van der Waals surface area contributed by atoms with Gasteiger partial charge in [0.2, 0.25) is 0 Å². The van der Waals surface area contributed by atoms with Crippen molar-refractivity contribution in [3.63, 3.8) is 0 Å². The average molecular weight is 266 g/mol. The van der Waals surface area contributed by atoms with E-state index in [4.69, 9.17) is 5.11 Å². The summed E-state index contributed by atoms with van der Waals surface area (Å²) < 4.78 is 2.71.